The molecule has 0 unspecified atom stereocenters. The van der Waals surface area contributed by atoms with Crippen molar-refractivity contribution in [2.45, 2.75) is 13.1 Å². The predicted octanol–water partition coefficient (Wildman–Crippen LogP) is 1.66. The van der Waals surface area contributed by atoms with Crippen molar-refractivity contribution < 1.29 is 14.4 Å². The number of carbonyl (C=O) groups is 3. The van der Waals surface area contributed by atoms with Crippen LogP contribution in [0.1, 0.15) is 21.6 Å². The van der Waals surface area contributed by atoms with E-state index in [0.717, 1.165) is 5.56 Å². The number of amides is 3. The molecule has 0 aliphatic heterocycles. The van der Waals surface area contributed by atoms with Crippen LogP contribution in [0.25, 0.3) is 0 Å². The molecule has 8 nitrogen and oxygen atoms in total. The first-order valence-electron chi connectivity index (χ1n) is 8.88. The van der Waals surface area contributed by atoms with Crippen LogP contribution < -0.4 is 16.0 Å². The maximum atomic E-state index is 12.5. The third kappa shape index (κ3) is 5.70. The Kier molecular flexibility index (Phi) is 6.62. The highest BCUT2D eigenvalue weighted by Crippen LogP contribution is 2.15. The van der Waals surface area contributed by atoms with Crippen molar-refractivity contribution in [3.63, 3.8) is 0 Å². The van der Waals surface area contributed by atoms with Crippen molar-refractivity contribution in [3.8, 4) is 0 Å². The molecule has 3 amide bonds. The minimum Gasteiger partial charge on any atom is -0.346 e. The SMILES string of the molecule is O=C(NCc1cccnc1)C(=O)Nc1ccccc1C(=O)NCc1ccccn1. The molecule has 3 aromatic rings. The molecule has 2 heterocycles. The number of carbonyl (C=O) groups excluding carboxylic acids is 3. The molecule has 0 bridgehead atoms. The van der Waals surface area contributed by atoms with E-state index in [-0.39, 0.29) is 30.2 Å². The van der Waals surface area contributed by atoms with Crippen molar-refractivity contribution >= 4 is 23.4 Å². The van der Waals surface area contributed by atoms with E-state index in [1.165, 1.54) is 0 Å². The van der Waals surface area contributed by atoms with Crippen LogP contribution in [0, 0.1) is 0 Å². The van der Waals surface area contributed by atoms with E-state index >= 15 is 0 Å². The average Bonchev–Trinajstić information content (AvgIpc) is 2.77. The lowest BCUT2D eigenvalue weighted by molar-refractivity contribution is -0.136. The van der Waals surface area contributed by atoms with Crippen molar-refractivity contribution in [1.29, 1.82) is 0 Å². The lowest BCUT2D eigenvalue weighted by atomic mass is 10.1. The fraction of sp³-hybridized carbons (Fsp3) is 0.0952. The van der Waals surface area contributed by atoms with E-state index in [0.29, 0.717) is 5.69 Å². The minimum atomic E-state index is -0.862. The second-order valence-corrected chi connectivity index (χ2v) is 6.05. The molecule has 0 aliphatic rings. The second-order valence-electron chi connectivity index (χ2n) is 6.05. The number of pyridine rings is 2. The van der Waals surface area contributed by atoms with Crippen LogP contribution in [0.4, 0.5) is 5.69 Å². The number of hydrogen-bond donors (Lipinski definition) is 3. The summed E-state index contributed by atoms with van der Waals surface area (Å²) in [7, 11) is 0. The number of rotatable bonds is 6. The van der Waals surface area contributed by atoms with E-state index in [2.05, 4.69) is 25.9 Å². The van der Waals surface area contributed by atoms with E-state index < -0.39 is 11.8 Å². The topological polar surface area (TPSA) is 113 Å². The number of hydrogen-bond acceptors (Lipinski definition) is 5. The standard InChI is InChI=1S/C21H19N5O3/c27-19(25-14-16-7-3-4-11-23-16)17-8-1-2-9-18(17)26-21(29)20(28)24-13-15-6-5-10-22-12-15/h1-12H,13-14H2,(H,24,28)(H,25,27)(H,26,29). The molecule has 0 saturated heterocycles. The van der Waals surface area contributed by atoms with Crippen LogP contribution in [-0.4, -0.2) is 27.7 Å². The molecule has 0 saturated carbocycles. The van der Waals surface area contributed by atoms with Crippen LogP contribution >= 0.6 is 0 Å². The quantitative estimate of drug-likeness (QED) is 0.555. The summed E-state index contributed by atoms with van der Waals surface area (Å²) in [5.41, 5.74) is 1.96. The van der Waals surface area contributed by atoms with Gasteiger partial charge >= 0.3 is 11.8 Å². The number of aromatic nitrogens is 2. The van der Waals surface area contributed by atoms with Gasteiger partial charge in [-0.1, -0.05) is 24.3 Å². The van der Waals surface area contributed by atoms with Gasteiger partial charge in [0.25, 0.3) is 5.91 Å². The maximum absolute atomic E-state index is 12.5. The third-order valence-corrected chi connectivity index (χ3v) is 3.96. The molecule has 0 aliphatic carbocycles. The summed E-state index contributed by atoms with van der Waals surface area (Å²) in [5, 5.41) is 7.74. The fourth-order valence-electron chi connectivity index (χ4n) is 2.50. The molecule has 3 N–H and O–H groups in total. The molecule has 3 rings (SSSR count). The third-order valence-electron chi connectivity index (χ3n) is 3.96. The zero-order valence-electron chi connectivity index (χ0n) is 15.5. The highest BCUT2D eigenvalue weighted by atomic mass is 16.2. The van der Waals surface area contributed by atoms with Gasteiger partial charge < -0.3 is 16.0 Å². The largest absolute Gasteiger partial charge is 0.346 e. The molecule has 0 fully saturated rings. The molecule has 2 aromatic heterocycles. The normalized spacial score (nSPS) is 10.1. The monoisotopic (exact) mass is 389 g/mol. The van der Waals surface area contributed by atoms with Crippen molar-refractivity contribution in [2.24, 2.45) is 0 Å². The molecular formula is C21H19N5O3. The Bertz CT molecular complexity index is 993. The summed E-state index contributed by atoms with van der Waals surface area (Å²) >= 11 is 0. The molecule has 29 heavy (non-hydrogen) atoms. The first-order valence-corrected chi connectivity index (χ1v) is 8.88. The van der Waals surface area contributed by atoms with E-state index in [1.54, 1.807) is 67.1 Å². The van der Waals surface area contributed by atoms with Crippen LogP contribution in [0.15, 0.2) is 73.2 Å². The van der Waals surface area contributed by atoms with Crippen LogP contribution in [0.5, 0.6) is 0 Å². The number of nitrogens with zero attached hydrogens (tertiary/aromatic N) is 2. The highest BCUT2D eigenvalue weighted by Gasteiger charge is 2.17. The number of para-hydroxylation sites is 1. The smallest absolute Gasteiger partial charge is 0.313 e. The van der Waals surface area contributed by atoms with Gasteiger partial charge in [-0.3, -0.25) is 24.4 Å². The first-order chi connectivity index (χ1) is 14.1. The molecule has 1 aromatic carbocycles. The minimum absolute atomic E-state index is 0.173. The van der Waals surface area contributed by atoms with Gasteiger partial charge in [-0.25, -0.2) is 0 Å². The zero-order chi connectivity index (χ0) is 20.5. The van der Waals surface area contributed by atoms with E-state index in [9.17, 15) is 14.4 Å². The van der Waals surface area contributed by atoms with Crippen LogP contribution in [0.3, 0.4) is 0 Å². The predicted molar refractivity (Wildman–Crippen MR) is 107 cm³/mol. The Morgan fingerprint density at radius 2 is 1.62 bits per heavy atom. The fourth-order valence-corrected chi connectivity index (χ4v) is 2.50. The molecule has 0 spiro atoms. The Hall–Kier alpha value is -4.07. The lowest BCUT2D eigenvalue weighted by Gasteiger charge is -2.11. The van der Waals surface area contributed by atoms with Crippen LogP contribution in [0.2, 0.25) is 0 Å². The van der Waals surface area contributed by atoms with Gasteiger partial charge in [-0.2, -0.15) is 0 Å². The molecule has 146 valence electrons. The van der Waals surface area contributed by atoms with E-state index in [1.807, 2.05) is 6.07 Å². The summed E-state index contributed by atoms with van der Waals surface area (Å²) in [6, 6.07) is 15.4. The molecule has 0 radical (unpaired) electrons. The zero-order valence-corrected chi connectivity index (χ0v) is 15.5. The Morgan fingerprint density at radius 3 is 2.38 bits per heavy atom. The first kappa shape index (κ1) is 19.7. The second kappa shape index (κ2) is 9.75. The van der Waals surface area contributed by atoms with Gasteiger partial charge in [0.05, 0.1) is 23.5 Å². The van der Waals surface area contributed by atoms with Gasteiger partial charge in [-0.05, 0) is 35.9 Å². The number of nitrogens with one attached hydrogen (secondary N) is 3. The highest BCUT2D eigenvalue weighted by molar-refractivity contribution is 6.40. The maximum Gasteiger partial charge on any atom is 0.313 e. The van der Waals surface area contributed by atoms with Crippen LogP contribution in [-0.2, 0) is 22.7 Å². The summed E-state index contributed by atoms with van der Waals surface area (Å²) < 4.78 is 0. The summed E-state index contributed by atoms with van der Waals surface area (Å²) in [6.07, 6.45) is 4.85. The van der Waals surface area contributed by atoms with Gasteiger partial charge in [0.2, 0.25) is 0 Å². The van der Waals surface area contributed by atoms with Gasteiger partial charge in [0.1, 0.15) is 0 Å². The average molecular weight is 389 g/mol. The van der Waals surface area contributed by atoms with Gasteiger partial charge in [0.15, 0.2) is 0 Å². The number of benzene rings is 1. The molecule has 0 atom stereocenters. The Labute approximate surface area is 167 Å². The van der Waals surface area contributed by atoms with Gasteiger partial charge in [0, 0.05) is 25.1 Å². The molecule has 8 heteroatoms. The number of anilines is 1. The van der Waals surface area contributed by atoms with Crippen molar-refractivity contribution in [3.05, 3.63) is 90.0 Å². The van der Waals surface area contributed by atoms with Gasteiger partial charge in [-0.15, -0.1) is 0 Å². The summed E-state index contributed by atoms with van der Waals surface area (Å²) in [5.74, 6) is -2.06. The van der Waals surface area contributed by atoms with E-state index in [4.69, 9.17) is 0 Å². The Balaban J connectivity index is 1.59. The lowest BCUT2D eigenvalue weighted by Crippen LogP contribution is -2.35. The molecular weight excluding hydrogens is 370 g/mol. The summed E-state index contributed by atoms with van der Waals surface area (Å²) in [6.45, 7) is 0.417. The Morgan fingerprint density at radius 1 is 0.793 bits per heavy atom. The summed E-state index contributed by atoms with van der Waals surface area (Å²) in [4.78, 5) is 44.9. The van der Waals surface area contributed by atoms with Crippen molar-refractivity contribution in [2.75, 3.05) is 5.32 Å². The van der Waals surface area contributed by atoms with Crippen molar-refractivity contribution in [1.82, 2.24) is 20.6 Å².